The van der Waals surface area contributed by atoms with Crippen LogP contribution in [0, 0.1) is 0 Å². The molecule has 96 heavy (non-hydrogen) atoms. The SMILES string of the molecule is CC1(C)c2ccccc2-c2ccc(N(c3ccc4cc5cc(-c6cc(N(c7ccccc7)c7ccc(-c8ccccc8)cc7)cc7c6ccc6ccc(N(c8ccccc8)c8ccc(-c9ccccc9)cc8)cc67)ccc5cc4c3)c3ccc4ccc5ccccc5c4c3)cc21. The summed E-state index contributed by atoms with van der Waals surface area (Å²) in [5, 5.41) is 14.4. The van der Waals surface area contributed by atoms with E-state index in [1.165, 1.54) is 109 Å². The minimum atomic E-state index is -0.155. The molecule has 0 fully saturated rings. The number of para-hydroxylation sites is 2. The van der Waals surface area contributed by atoms with Crippen LogP contribution in [-0.4, -0.2) is 0 Å². The van der Waals surface area contributed by atoms with E-state index >= 15 is 0 Å². The Hall–Kier alpha value is -12.3. The Morgan fingerprint density at radius 1 is 0.177 bits per heavy atom. The Morgan fingerprint density at radius 2 is 0.562 bits per heavy atom. The van der Waals surface area contributed by atoms with Crippen molar-refractivity contribution in [1.82, 2.24) is 0 Å². The largest absolute Gasteiger partial charge is 0.310 e. The van der Waals surface area contributed by atoms with Crippen LogP contribution in [0.4, 0.5) is 51.2 Å². The van der Waals surface area contributed by atoms with Gasteiger partial charge >= 0.3 is 0 Å². The maximum atomic E-state index is 2.47. The molecule has 0 bridgehead atoms. The molecule has 1 aliphatic rings. The first-order chi connectivity index (χ1) is 47.3. The number of nitrogens with zero attached hydrogens (tertiary/aromatic N) is 3. The summed E-state index contributed by atoms with van der Waals surface area (Å²) in [5.74, 6) is 0. The molecule has 3 heteroatoms. The fourth-order valence-corrected chi connectivity index (χ4v) is 15.3. The Morgan fingerprint density at radius 3 is 1.19 bits per heavy atom. The molecule has 17 aromatic carbocycles. The van der Waals surface area contributed by atoms with Gasteiger partial charge in [-0.1, -0.05) is 244 Å². The van der Waals surface area contributed by atoms with Crippen molar-refractivity contribution in [3.63, 3.8) is 0 Å². The number of rotatable bonds is 12. The first-order valence-electron chi connectivity index (χ1n) is 33.3. The van der Waals surface area contributed by atoms with E-state index in [0.717, 1.165) is 62.3 Å². The molecule has 452 valence electrons. The smallest absolute Gasteiger partial charge is 0.0474 e. The molecule has 0 unspecified atom stereocenters. The highest BCUT2D eigenvalue weighted by Crippen LogP contribution is 2.52. The molecular formula is C93H65N3. The van der Waals surface area contributed by atoms with Crippen molar-refractivity contribution < 1.29 is 0 Å². The fraction of sp³-hybridized carbons (Fsp3) is 0.0323. The summed E-state index contributed by atoms with van der Waals surface area (Å²) in [6, 6.07) is 132. The van der Waals surface area contributed by atoms with Crippen LogP contribution in [0.2, 0.25) is 0 Å². The second-order valence-corrected chi connectivity index (χ2v) is 26.1. The van der Waals surface area contributed by atoms with Gasteiger partial charge in [-0.05, 0) is 248 Å². The quantitative estimate of drug-likeness (QED) is 0.0892. The first-order valence-corrected chi connectivity index (χ1v) is 33.3. The van der Waals surface area contributed by atoms with Gasteiger partial charge in [0.1, 0.15) is 0 Å². The van der Waals surface area contributed by atoms with E-state index in [4.69, 9.17) is 0 Å². The average Bonchev–Trinajstić information content (AvgIpc) is 1.57. The zero-order valence-corrected chi connectivity index (χ0v) is 53.4. The van der Waals surface area contributed by atoms with Crippen LogP contribution < -0.4 is 14.7 Å². The number of benzene rings is 17. The molecule has 0 spiro atoms. The van der Waals surface area contributed by atoms with E-state index in [1.54, 1.807) is 0 Å². The van der Waals surface area contributed by atoms with E-state index in [1.807, 2.05) is 0 Å². The van der Waals surface area contributed by atoms with Gasteiger partial charge in [-0.3, -0.25) is 0 Å². The van der Waals surface area contributed by atoms with Gasteiger partial charge in [0.25, 0.3) is 0 Å². The van der Waals surface area contributed by atoms with E-state index in [9.17, 15) is 0 Å². The van der Waals surface area contributed by atoms with Crippen LogP contribution in [0.1, 0.15) is 25.0 Å². The molecule has 0 amide bonds. The van der Waals surface area contributed by atoms with Crippen molar-refractivity contribution in [2.24, 2.45) is 0 Å². The van der Waals surface area contributed by atoms with Crippen LogP contribution in [-0.2, 0) is 5.41 Å². The van der Waals surface area contributed by atoms with Crippen molar-refractivity contribution in [3.05, 3.63) is 369 Å². The molecule has 0 heterocycles. The molecule has 0 atom stereocenters. The summed E-state index contributed by atoms with van der Waals surface area (Å²) in [6.45, 7) is 4.74. The van der Waals surface area contributed by atoms with Crippen LogP contribution in [0.15, 0.2) is 358 Å². The van der Waals surface area contributed by atoms with E-state index in [2.05, 4.69) is 386 Å². The second-order valence-electron chi connectivity index (χ2n) is 26.1. The van der Waals surface area contributed by atoms with Crippen molar-refractivity contribution in [1.29, 1.82) is 0 Å². The molecule has 0 aliphatic heterocycles. The zero-order valence-electron chi connectivity index (χ0n) is 53.4. The minimum absolute atomic E-state index is 0.155. The van der Waals surface area contributed by atoms with Crippen molar-refractivity contribution in [2.75, 3.05) is 14.7 Å². The van der Waals surface area contributed by atoms with Gasteiger partial charge in [0.2, 0.25) is 0 Å². The lowest BCUT2D eigenvalue weighted by molar-refractivity contribution is 0.660. The fourth-order valence-electron chi connectivity index (χ4n) is 15.3. The maximum absolute atomic E-state index is 2.47. The van der Waals surface area contributed by atoms with Gasteiger partial charge in [0.15, 0.2) is 0 Å². The van der Waals surface area contributed by atoms with E-state index in [-0.39, 0.29) is 5.41 Å². The van der Waals surface area contributed by atoms with Crippen LogP contribution in [0.5, 0.6) is 0 Å². The summed E-state index contributed by atoms with van der Waals surface area (Å²) in [7, 11) is 0. The summed E-state index contributed by atoms with van der Waals surface area (Å²) >= 11 is 0. The zero-order chi connectivity index (χ0) is 63.8. The Labute approximate surface area is 559 Å². The Balaban J connectivity index is 0.797. The average molecular weight is 1220 g/mol. The standard InChI is InChI=1S/C93H65N3/c1-93(2)91-30-18-17-29-85(91)86-52-50-81(61-92(86)93)96(80-48-39-67-32-31-66-23-15-16-28-83(66)87(67)57-80)78-49-41-70-53-72-55-71(34-33-69(72)54-73(70)56-78)89-59-82(95(75-26-13-6-14-27-75)77-45-37-65(38-46-77)63-21-9-4-10-22-63)60-90-84(89)51-42-68-40-47-79(58-88(68)90)94(74-24-11-5-12-25-74)76-43-35-64(36-44-76)62-19-7-3-8-20-62/h3-61H,1-2H3. The third-order valence-electron chi connectivity index (χ3n) is 20.1. The highest BCUT2D eigenvalue weighted by molar-refractivity contribution is 6.16. The molecule has 0 aromatic heterocycles. The van der Waals surface area contributed by atoms with Crippen molar-refractivity contribution in [2.45, 2.75) is 19.3 Å². The summed E-state index contributed by atoms with van der Waals surface area (Å²) < 4.78 is 0. The molecule has 0 radical (unpaired) electrons. The highest BCUT2D eigenvalue weighted by atomic mass is 15.2. The number of fused-ring (bicyclic) bond motifs is 11. The monoisotopic (exact) mass is 1220 g/mol. The summed E-state index contributed by atoms with van der Waals surface area (Å²) in [4.78, 5) is 7.27. The number of anilines is 9. The topological polar surface area (TPSA) is 9.72 Å². The van der Waals surface area contributed by atoms with Crippen LogP contribution in [0.3, 0.4) is 0 Å². The van der Waals surface area contributed by atoms with Gasteiger partial charge in [-0.15, -0.1) is 0 Å². The summed E-state index contributed by atoms with van der Waals surface area (Å²) in [6.07, 6.45) is 0. The molecule has 0 saturated heterocycles. The molecule has 0 N–H and O–H groups in total. The second kappa shape index (κ2) is 23.1. The minimum Gasteiger partial charge on any atom is -0.310 e. The summed E-state index contributed by atoms with van der Waals surface area (Å²) in [5.41, 5.74) is 22.1. The molecular weight excluding hydrogens is 1160 g/mol. The van der Waals surface area contributed by atoms with Crippen molar-refractivity contribution in [3.8, 4) is 44.5 Å². The van der Waals surface area contributed by atoms with Gasteiger partial charge in [0.05, 0.1) is 0 Å². The predicted molar refractivity (Wildman–Crippen MR) is 409 cm³/mol. The van der Waals surface area contributed by atoms with Gasteiger partial charge in [-0.25, -0.2) is 0 Å². The molecule has 18 rings (SSSR count). The van der Waals surface area contributed by atoms with Crippen molar-refractivity contribution >= 4 is 116 Å². The predicted octanol–water partition coefficient (Wildman–Crippen LogP) is 26.3. The third-order valence-corrected chi connectivity index (χ3v) is 20.1. The van der Waals surface area contributed by atoms with Gasteiger partial charge in [-0.2, -0.15) is 0 Å². The van der Waals surface area contributed by atoms with Crippen LogP contribution in [0.25, 0.3) is 109 Å². The Kier molecular flexibility index (Phi) is 13.6. The van der Waals surface area contributed by atoms with Gasteiger partial charge < -0.3 is 14.7 Å². The van der Waals surface area contributed by atoms with E-state index < -0.39 is 0 Å². The molecule has 0 saturated carbocycles. The third kappa shape index (κ3) is 9.83. The normalized spacial score (nSPS) is 12.4. The lowest BCUT2D eigenvalue weighted by Crippen LogP contribution is -2.16. The lowest BCUT2D eigenvalue weighted by atomic mass is 9.82. The molecule has 1 aliphatic carbocycles. The van der Waals surface area contributed by atoms with Gasteiger partial charge in [0, 0.05) is 56.6 Å². The highest BCUT2D eigenvalue weighted by Gasteiger charge is 2.36. The van der Waals surface area contributed by atoms with Crippen LogP contribution >= 0.6 is 0 Å². The maximum Gasteiger partial charge on any atom is 0.0474 e. The molecule has 17 aromatic rings. The number of hydrogen-bond acceptors (Lipinski definition) is 3. The molecule has 3 nitrogen and oxygen atoms in total. The van der Waals surface area contributed by atoms with E-state index in [0.29, 0.717) is 0 Å². The lowest BCUT2D eigenvalue weighted by Gasteiger charge is -2.29. The first kappa shape index (κ1) is 56.5. The Bertz CT molecular complexity index is 5840. The number of hydrogen-bond donors (Lipinski definition) is 0.